The number of nitrogens with one attached hydrogen (secondary N) is 2. The molecular formula is C19H20N6O3S. The molecule has 0 bridgehead atoms. The first-order chi connectivity index (χ1) is 14.0. The SMILES string of the molecule is COc1ccc2[nH]cc(CCNS(=O)(=O)c3ccc(-n4cnnn4)c(C)c3)c2c1. The highest BCUT2D eigenvalue weighted by Crippen LogP contribution is 2.24. The van der Waals surface area contributed by atoms with Crippen molar-refractivity contribution < 1.29 is 13.2 Å². The van der Waals surface area contributed by atoms with E-state index in [4.69, 9.17) is 4.74 Å². The Hall–Kier alpha value is -3.24. The van der Waals surface area contributed by atoms with E-state index in [0.717, 1.165) is 33.5 Å². The fourth-order valence-corrected chi connectivity index (χ4v) is 4.34. The zero-order valence-electron chi connectivity index (χ0n) is 16.0. The van der Waals surface area contributed by atoms with E-state index in [0.29, 0.717) is 6.42 Å². The Labute approximate surface area is 167 Å². The Bertz CT molecular complexity index is 1250. The van der Waals surface area contributed by atoms with Crippen molar-refractivity contribution in [3.8, 4) is 11.4 Å². The van der Waals surface area contributed by atoms with Gasteiger partial charge in [-0.1, -0.05) is 0 Å². The Morgan fingerprint density at radius 2 is 2.07 bits per heavy atom. The molecule has 0 amide bonds. The minimum atomic E-state index is -3.63. The third-order valence-corrected chi connectivity index (χ3v) is 6.19. The van der Waals surface area contributed by atoms with E-state index in [1.54, 1.807) is 25.3 Å². The number of aromatic amines is 1. The molecule has 0 unspecified atom stereocenters. The second kappa shape index (κ2) is 7.64. The van der Waals surface area contributed by atoms with Crippen molar-refractivity contribution in [3.63, 3.8) is 0 Å². The number of aryl methyl sites for hydroxylation is 1. The summed E-state index contributed by atoms with van der Waals surface area (Å²) in [6.07, 6.45) is 3.91. The first-order valence-electron chi connectivity index (χ1n) is 8.95. The summed E-state index contributed by atoms with van der Waals surface area (Å²) in [5, 5.41) is 12.1. The number of hydrogen-bond donors (Lipinski definition) is 2. The Balaban J connectivity index is 1.48. The van der Waals surface area contributed by atoms with Crippen molar-refractivity contribution in [1.82, 2.24) is 29.9 Å². The molecule has 4 rings (SSSR count). The average Bonchev–Trinajstić information content (AvgIpc) is 3.38. The molecule has 0 aliphatic heterocycles. The summed E-state index contributed by atoms with van der Waals surface area (Å²) < 4.78 is 34.8. The summed E-state index contributed by atoms with van der Waals surface area (Å²) >= 11 is 0. The molecule has 0 atom stereocenters. The Kier molecular flexibility index (Phi) is 5.03. The number of methoxy groups -OCH3 is 1. The van der Waals surface area contributed by atoms with Gasteiger partial charge in [0.1, 0.15) is 12.1 Å². The minimum Gasteiger partial charge on any atom is -0.497 e. The summed E-state index contributed by atoms with van der Waals surface area (Å²) in [5.74, 6) is 0.761. The van der Waals surface area contributed by atoms with Crippen LogP contribution in [0, 0.1) is 6.92 Å². The van der Waals surface area contributed by atoms with Gasteiger partial charge in [0, 0.05) is 23.6 Å². The third-order valence-electron chi connectivity index (χ3n) is 4.74. The molecule has 29 heavy (non-hydrogen) atoms. The number of H-pyrrole nitrogens is 1. The maximum Gasteiger partial charge on any atom is 0.240 e. The zero-order valence-corrected chi connectivity index (χ0v) is 16.8. The summed E-state index contributed by atoms with van der Waals surface area (Å²) in [6.45, 7) is 2.09. The van der Waals surface area contributed by atoms with E-state index >= 15 is 0 Å². The number of sulfonamides is 1. The predicted octanol–water partition coefficient (Wildman–Crippen LogP) is 1.98. The van der Waals surface area contributed by atoms with Crippen molar-refractivity contribution in [1.29, 1.82) is 0 Å². The first kappa shape index (κ1) is 19.1. The monoisotopic (exact) mass is 412 g/mol. The van der Waals surface area contributed by atoms with Crippen LogP contribution in [0.1, 0.15) is 11.1 Å². The largest absolute Gasteiger partial charge is 0.497 e. The lowest BCUT2D eigenvalue weighted by Gasteiger charge is -2.10. The molecule has 0 saturated carbocycles. The molecule has 10 heteroatoms. The Morgan fingerprint density at radius 3 is 2.79 bits per heavy atom. The van der Waals surface area contributed by atoms with E-state index in [2.05, 4.69) is 25.2 Å². The summed E-state index contributed by atoms with van der Waals surface area (Å²) in [4.78, 5) is 3.40. The fraction of sp³-hybridized carbons (Fsp3) is 0.211. The standard InChI is InChI=1S/C19H20N6O3S/c1-13-9-16(4-6-19(13)25-12-21-23-24-25)29(26,27)22-8-7-14-11-20-18-5-3-15(28-2)10-17(14)18/h3-6,9-12,20,22H,7-8H2,1-2H3. The van der Waals surface area contributed by atoms with E-state index in [1.807, 2.05) is 31.3 Å². The van der Waals surface area contributed by atoms with E-state index < -0.39 is 10.0 Å². The van der Waals surface area contributed by atoms with Crippen molar-refractivity contribution in [2.24, 2.45) is 0 Å². The smallest absolute Gasteiger partial charge is 0.240 e. The maximum atomic E-state index is 12.7. The number of tetrazole rings is 1. The molecule has 2 heterocycles. The lowest BCUT2D eigenvalue weighted by atomic mass is 10.1. The van der Waals surface area contributed by atoms with Crippen molar-refractivity contribution in [3.05, 3.63) is 60.0 Å². The van der Waals surface area contributed by atoms with Crippen LogP contribution in [0.25, 0.3) is 16.6 Å². The van der Waals surface area contributed by atoms with E-state index in [1.165, 1.54) is 11.0 Å². The van der Waals surface area contributed by atoms with Gasteiger partial charge in [-0.25, -0.2) is 17.8 Å². The zero-order chi connectivity index (χ0) is 20.4. The van der Waals surface area contributed by atoms with Gasteiger partial charge >= 0.3 is 0 Å². The van der Waals surface area contributed by atoms with Crippen LogP contribution in [0.5, 0.6) is 5.75 Å². The normalized spacial score (nSPS) is 11.8. The second-order valence-corrected chi connectivity index (χ2v) is 8.34. The number of rotatable bonds is 7. The number of fused-ring (bicyclic) bond motifs is 1. The lowest BCUT2D eigenvalue weighted by Crippen LogP contribution is -2.26. The van der Waals surface area contributed by atoms with Gasteiger partial charge in [-0.15, -0.1) is 5.10 Å². The number of hydrogen-bond acceptors (Lipinski definition) is 6. The van der Waals surface area contributed by atoms with Gasteiger partial charge in [-0.05, 0) is 71.3 Å². The van der Waals surface area contributed by atoms with Crippen LogP contribution in [-0.4, -0.2) is 47.3 Å². The molecule has 2 N–H and O–H groups in total. The van der Waals surface area contributed by atoms with Crippen molar-refractivity contribution in [2.45, 2.75) is 18.2 Å². The van der Waals surface area contributed by atoms with Gasteiger partial charge in [0.15, 0.2) is 0 Å². The van der Waals surface area contributed by atoms with Gasteiger partial charge < -0.3 is 9.72 Å². The molecule has 0 radical (unpaired) electrons. The van der Waals surface area contributed by atoms with Gasteiger partial charge in [0.2, 0.25) is 10.0 Å². The van der Waals surface area contributed by atoms with Crippen LogP contribution in [-0.2, 0) is 16.4 Å². The molecule has 2 aromatic carbocycles. The van der Waals surface area contributed by atoms with Crippen LogP contribution < -0.4 is 9.46 Å². The highest BCUT2D eigenvalue weighted by atomic mass is 32.2. The van der Waals surface area contributed by atoms with Crippen LogP contribution >= 0.6 is 0 Å². The highest BCUT2D eigenvalue weighted by Gasteiger charge is 2.16. The van der Waals surface area contributed by atoms with E-state index in [-0.39, 0.29) is 11.4 Å². The quantitative estimate of drug-likeness (QED) is 0.480. The van der Waals surface area contributed by atoms with E-state index in [9.17, 15) is 8.42 Å². The minimum absolute atomic E-state index is 0.201. The third kappa shape index (κ3) is 3.84. The highest BCUT2D eigenvalue weighted by molar-refractivity contribution is 7.89. The lowest BCUT2D eigenvalue weighted by molar-refractivity contribution is 0.415. The van der Waals surface area contributed by atoms with Gasteiger partial charge in [0.25, 0.3) is 0 Å². The topological polar surface area (TPSA) is 115 Å². The number of benzene rings is 2. The molecule has 2 aromatic heterocycles. The average molecular weight is 412 g/mol. The molecular weight excluding hydrogens is 392 g/mol. The molecule has 4 aromatic rings. The number of aromatic nitrogens is 5. The summed E-state index contributed by atoms with van der Waals surface area (Å²) in [6, 6.07) is 10.6. The van der Waals surface area contributed by atoms with Crippen LogP contribution in [0.4, 0.5) is 0 Å². The first-order valence-corrected chi connectivity index (χ1v) is 10.4. The second-order valence-electron chi connectivity index (χ2n) is 6.58. The molecule has 0 saturated heterocycles. The molecule has 0 fully saturated rings. The molecule has 0 spiro atoms. The summed E-state index contributed by atoms with van der Waals surface area (Å²) in [5.41, 5.74) is 3.48. The van der Waals surface area contributed by atoms with Crippen LogP contribution in [0.15, 0.2) is 53.8 Å². The molecule has 0 aliphatic rings. The van der Waals surface area contributed by atoms with Gasteiger partial charge in [-0.3, -0.25) is 0 Å². The number of nitrogens with zero attached hydrogens (tertiary/aromatic N) is 4. The summed E-state index contributed by atoms with van der Waals surface area (Å²) in [7, 11) is -2.01. The predicted molar refractivity (Wildman–Crippen MR) is 108 cm³/mol. The van der Waals surface area contributed by atoms with Crippen molar-refractivity contribution in [2.75, 3.05) is 13.7 Å². The maximum absolute atomic E-state index is 12.7. The molecule has 0 aliphatic carbocycles. The Morgan fingerprint density at radius 1 is 1.21 bits per heavy atom. The van der Waals surface area contributed by atoms with Crippen molar-refractivity contribution >= 4 is 20.9 Å². The van der Waals surface area contributed by atoms with Gasteiger partial charge in [-0.2, -0.15) is 0 Å². The molecule has 150 valence electrons. The fourth-order valence-electron chi connectivity index (χ4n) is 3.22. The van der Waals surface area contributed by atoms with Gasteiger partial charge in [0.05, 0.1) is 17.7 Å². The number of ether oxygens (including phenoxy) is 1. The molecule has 9 nitrogen and oxygen atoms in total. The van der Waals surface area contributed by atoms with Crippen LogP contribution in [0.3, 0.4) is 0 Å². The van der Waals surface area contributed by atoms with Crippen LogP contribution in [0.2, 0.25) is 0 Å².